The fraction of sp³-hybridized carbons (Fsp3) is 0.400. The Labute approximate surface area is 148 Å². The molecule has 0 aromatic carbocycles. The highest BCUT2D eigenvalue weighted by Crippen LogP contribution is 2.23. The molecule has 1 aliphatic heterocycles. The first-order valence-corrected chi connectivity index (χ1v) is 8.55. The molecule has 2 heterocycles. The third-order valence-corrected chi connectivity index (χ3v) is 4.48. The number of ether oxygens (including phenoxy) is 2. The first-order valence-electron chi connectivity index (χ1n) is 7.36. The summed E-state index contributed by atoms with van der Waals surface area (Å²) < 4.78 is 10.7. The van der Waals surface area contributed by atoms with Gasteiger partial charge in [-0.1, -0.05) is 18.5 Å². The highest BCUT2D eigenvalue weighted by atomic mass is 35.5. The number of carbonyl (C=O) groups is 3. The molecule has 130 valence electrons. The molecule has 1 atom stereocenters. The smallest absolute Gasteiger partial charge is 0.348 e. The number of carbonyl (C=O) groups excluding carboxylic acids is 3. The van der Waals surface area contributed by atoms with Crippen LogP contribution in [0.25, 0.3) is 0 Å². The summed E-state index contributed by atoms with van der Waals surface area (Å²) in [5.74, 6) is -1.13. The molecular weight excluding hydrogens is 356 g/mol. The Bertz CT molecular complexity index is 685. The Balaban J connectivity index is 2.19. The molecule has 2 rings (SSSR count). The monoisotopic (exact) mass is 372 g/mol. The second kappa shape index (κ2) is 8.16. The lowest BCUT2D eigenvalue weighted by molar-refractivity contribution is -0.139. The summed E-state index contributed by atoms with van der Waals surface area (Å²) in [6.45, 7) is 3.47. The van der Waals surface area contributed by atoms with Gasteiger partial charge in [-0.25, -0.2) is 14.4 Å². The molecule has 0 aliphatic carbocycles. The lowest BCUT2D eigenvalue weighted by Crippen LogP contribution is -2.51. The van der Waals surface area contributed by atoms with Crippen molar-refractivity contribution in [2.75, 3.05) is 13.2 Å². The number of urea groups is 1. The van der Waals surface area contributed by atoms with Crippen molar-refractivity contribution in [2.45, 2.75) is 26.3 Å². The zero-order valence-corrected chi connectivity index (χ0v) is 14.8. The summed E-state index contributed by atoms with van der Waals surface area (Å²) in [5.41, 5.74) is 0.482. The van der Waals surface area contributed by atoms with Gasteiger partial charge >= 0.3 is 18.0 Å². The highest BCUT2D eigenvalue weighted by molar-refractivity contribution is 7.17. The van der Waals surface area contributed by atoms with Crippen LogP contribution in [0, 0.1) is 0 Å². The molecular formula is C15H17ClN2O5S. The Morgan fingerprint density at radius 1 is 1.25 bits per heavy atom. The summed E-state index contributed by atoms with van der Waals surface area (Å²) in [7, 11) is 0. The fourth-order valence-electron chi connectivity index (χ4n) is 2.21. The molecule has 2 amide bonds. The summed E-state index contributed by atoms with van der Waals surface area (Å²) in [5, 5.41) is 5.15. The standard InChI is InChI=1S/C15H17ClN2O5S/c1-3-8-12(14(20)22-4-2)9(18-15(21)17-8)7-23-13(19)10-5-6-11(16)24-10/h5-6,8H,3-4,7H2,1-2H3,(H2,17,18,21)/t8-/m1/s1. The van der Waals surface area contributed by atoms with E-state index in [9.17, 15) is 14.4 Å². The van der Waals surface area contributed by atoms with Gasteiger partial charge < -0.3 is 20.1 Å². The van der Waals surface area contributed by atoms with Gasteiger partial charge in [-0.2, -0.15) is 0 Å². The SMILES string of the molecule is CCOC(=O)C1=C(COC(=O)c2ccc(Cl)s2)NC(=O)N[C@@H]1CC. The zero-order valence-electron chi connectivity index (χ0n) is 13.2. The van der Waals surface area contributed by atoms with Crippen molar-refractivity contribution in [2.24, 2.45) is 0 Å². The van der Waals surface area contributed by atoms with Crippen LogP contribution in [0.15, 0.2) is 23.4 Å². The van der Waals surface area contributed by atoms with Crippen molar-refractivity contribution >= 4 is 40.9 Å². The van der Waals surface area contributed by atoms with E-state index in [2.05, 4.69) is 10.6 Å². The molecule has 2 N–H and O–H groups in total. The van der Waals surface area contributed by atoms with E-state index >= 15 is 0 Å². The minimum Gasteiger partial charge on any atom is -0.463 e. The topological polar surface area (TPSA) is 93.7 Å². The number of esters is 2. The van der Waals surface area contributed by atoms with Gasteiger partial charge in [0, 0.05) is 0 Å². The average molecular weight is 373 g/mol. The minimum absolute atomic E-state index is 0.202. The summed E-state index contributed by atoms with van der Waals surface area (Å²) in [6.07, 6.45) is 0.500. The number of rotatable bonds is 6. The van der Waals surface area contributed by atoms with E-state index in [1.165, 1.54) is 0 Å². The zero-order chi connectivity index (χ0) is 17.7. The van der Waals surface area contributed by atoms with E-state index in [0.717, 1.165) is 11.3 Å². The quantitative estimate of drug-likeness (QED) is 0.748. The molecule has 9 heteroatoms. The lowest BCUT2D eigenvalue weighted by atomic mass is 10.0. The Kier molecular flexibility index (Phi) is 6.22. The van der Waals surface area contributed by atoms with Crippen LogP contribution in [0.3, 0.4) is 0 Å². The van der Waals surface area contributed by atoms with E-state index in [1.54, 1.807) is 19.1 Å². The van der Waals surface area contributed by atoms with E-state index < -0.39 is 24.0 Å². The van der Waals surface area contributed by atoms with Crippen molar-refractivity contribution in [1.29, 1.82) is 0 Å². The van der Waals surface area contributed by atoms with Crippen molar-refractivity contribution in [3.8, 4) is 0 Å². The Hall–Kier alpha value is -2.06. The van der Waals surface area contributed by atoms with Crippen LogP contribution in [0.5, 0.6) is 0 Å². The predicted molar refractivity (Wildman–Crippen MR) is 89.0 cm³/mol. The average Bonchev–Trinajstić information content (AvgIpc) is 2.98. The first-order chi connectivity index (χ1) is 11.5. The lowest BCUT2D eigenvalue weighted by Gasteiger charge is -2.28. The maximum absolute atomic E-state index is 12.2. The number of nitrogens with one attached hydrogen (secondary N) is 2. The second-order valence-corrected chi connectivity index (χ2v) is 6.57. The molecule has 0 spiro atoms. The third-order valence-electron chi connectivity index (χ3n) is 3.27. The van der Waals surface area contributed by atoms with Crippen LogP contribution < -0.4 is 10.6 Å². The van der Waals surface area contributed by atoms with Crippen molar-refractivity contribution in [3.05, 3.63) is 32.6 Å². The van der Waals surface area contributed by atoms with Crippen LogP contribution in [0.2, 0.25) is 4.34 Å². The fourth-order valence-corrected chi connectivity index (χ4v) is 3.15. The molecule has 0 fully saturated rings. The number of halogens is 1. The molecule has 0 bridgehead atoms. The molecule has 0 radical (unpaired) electrons. The maximum atomic E-state index is 12.2. The van der Waals surface area contributed by atoms with Gasteiger partial charge in [-0.3, -0.25) is 0 Å². The second-order valence-electron chi connectivity index (χ2n) is 4.85. The maximum Gasteiger partial charge on any atom is 0.348 e. The molecule has 1 aromatic rings. The molecule has 1 aromatic heterocycles. The molecule has 1 aliphatic rings. The Morgan fingerprint density at radius 2 is 2.00 bits per heavy atom. The molecule has 24 heavy (non-hydrogen) atoms. The predicted octanol–water partition coefficient (Wildman–Crippen LogP) is 2.47. The minimum atomic E-state index is -0.580. The van der Waals surface area contributed by atoms with Crippen LogP contribution >= 0.6 is 22.9 Å². The summed E-state index contributed by atoms with van der Waals surface area (Å²) >= 11 is 6.87. The van der Waals surface area contributed by atoms with Crippen LogP contribution in [-0.2, 0) is 14.3 Å². The van der Waals surface area contributed by atoms with E-state index in [0.29, 0.717) is 15.6 Å². The molecule has 0 saturated heterocycles. The van der Waals surface area contributed by atoms with E-state index in [-0.39, 0.29) is 24.5 Å². The first kappa shape index (κ1) is 18.3. The van der Waals surface area contributed by atoms with Crippen LogP contribution in [0.1, 0.15) is 29.9 Å². The van der Waals surface area contributed by atoms with Gasteiger partial charge in [0.05, 0.1) is 28.3 Å². The van der Waals surface area contributed by atoms with Gasteiger partial charge in [0.15, 0.2) is 0 Å². The summed E-state index contributed by atoms with van der Waals surface area (Å²) in [4.78, 5) is 36.2. The van der Waals surface area contributed by atoms with Crippen LogP contribution in [-0.4, -0.2) is 37.2 Å². The normalized spacial score (nSPS) is 17.1. The van der Waals surface area contributed by atoms with Gasteiger partial charge in [0.1, 0.15) is 11.5 Å². The molecule has 0 unspecified atom stereocenters. The number of amides is 2. The number of hydrogen-bond acceptors (Lipinski definition) is 6. The highest BCUT2D eigenvalue weighted by Gasteiger charge is 2.32. The largest absolute Gasteiger partial charge is 0.463 e. The Morgan fingerprint density at radius 3 is 2.58 bits per heavy atom. The summed E-state index contributed by atoms with van der Waals surface area (Å²) in [6, 6.07) is 2.18. The van der Waals surface area contributed by atoms with Gasteiger partial charge in [-0.15, -0.1) is 11.3 Å². The van der Waals surface area contributed by atoms with Crippen molar-refractivity contribution < 1.29 is 23.9 Å². The van der Waals surface area contributed by atoms with Gasteiger partial charge in [0.2, 0.25) is 0 Å². The third kappa shape index (κ3) is 4.27. The van der Waals surface area contributed by atoms with E-state index in [4.69, 9.17) is 21.1 Å². The number of hydrogen-bond donors (Lipinski definition) is 2. The van der Waals surface area contributed by atoms with Crippen LogP contribution in [0.4, 0.5) is 4.79 Å². The number of thiophene rings is 1. The van der Waals surface area contributed by atoms with E-state index in [1.807, 2.05) is 6.92 Å². The molecule has 0 saturated carbocycles. The van der Waals surface area contributed by atoms with Crippen molar-refractivity contribution in [1.82, 2.24) is 10.6 Å². The van der Waals surface area contributed by atoms with Gasteiger partial charge in [-0.05, 0) is 25.5 Å². The van der Waals surface area contributed by atoms with Gasteiger partial charge in [0.25, 0.3) is 0 Å². The van der Waals surface area contributed by atoms with Crippen molar-refractivity contribution in [3.63, 3.8) is 0 Å². The molecule has 7 nitrogen and oxygen atoms in total.